The Balaban J connectivity index is 1.76. The molecule has 3 aromatic rings. The molecule has 0 bridgehead atoms. The molecule has 0 saturated carbocycles. The summed E-state index contributed by atoms with van der Waals surface area (Å²) in [6, 6.07) is 10.0. The van der Waals surface area contributed by atoms with Crippen LogP contribution in [0.25, 0.3) is 11.2 Å². The van der Waals surface area contributed by atoms with Gasteiger partial charge in [0.25, 0.3) is 0 Å². The number of aromatic amines is 1. The Morgan fingerprint density at radius 3 is 3.10 bits per heavy atom. The van der Waals surface area contributed by atoms with Gasteiger partial charge in [-0.05, 0) is 39.7 Å². The van der Waals surface area contributed by atoms with E-state index in [4.69, 9.17) is 4.74 Å². The summed E-state index contributed by atoms with van der Waals surface area (Å²) in [5, 5.41) is 0.869. The van der Waals surface area contributed by atoms with Gasteiger partial charge < -0.3 is 9.72 Å². The summed E-state index contributed by atoms with van der Waals surface area (Å²) < 4.78 is 6.16. The number of aromatic nitrogens is 3. The molecule has 0 saturated heterocycles. The van der Waals surface area contributed by atoms with E-state index in [9.17, 15) is 0 Å². The van der Waals surface area contributed by atoms with Crippen molar-refractivity contribution in [2.24, 2.45) is 0 Å². The molecule has 0 spiro atoms. The van der Waals surface area contributed by atoms with Crippen LogP contribution in [0.1, 0.15) is 5.56 Å². The number of H-pyrrole nitrogens is 1. The summed E-state index contributed by atoms with van der Waals surface area (Å²) in [7, 11) is 1.68. The highest BCUT2D eigenvalue weighted by molar-refractivity contribution is 9.10. The van der Waals surface area contributed by atoms with Crippen molar-refractivity contribution in [2.75, 3.05) is 7.11 Å². The van der Waals surface area contributed by atoms with Crippen molar-refractivity contribution in [1.29, 1.82) is 0 Å². The lowest BCUT2D eigenvalue weighted by atomic mass is 10.2. The van der Waals surface area contributed by atoms with E-state index in [2.05, 4.69) is 36.9 Å². The van der Waals surface area contributed by atoms with Crippen molar-refractivity contribution in [3.63, 3.8) is 0 Å². The minimum Gasteiger partial charge on any atom is -0.497 e. The highest BCUT2D eigenvalue weighted by Gasteiger charge is 2.05. The first-order valence-corrected chi connectivity index (χ1v) is 7.79. The van der Waals surface area contributed by atoms with E-state index in [0.29, 0.717) is 0 Å². The van der Waals surface area contributed by atoms with E-state index >= 15 is 0 Å². The second-order valence-corrected chi connectivity index (χ2v) is 6.09. The fourth-order valence-corrected chi connectivity index (χ4v) is 2.98. The molecule has 1 aromatic carbocycles. The van der Waals surface area contributed by atoms with Gasteiger partial charge in [0, 0.05) is 16.4 Å². The molecule has 2 heterocycles. The number of hydrogen-bond donors (Lipinski definition) is 1. The van der Waals surface area contributed by atoms with Crippen LogP contribution in [-0.2, 0) is 5.75 Å². The monoisotopic (exact) mass is 349 g/mol. The van der Waals surface area contributed by atoms with Crippen molar-refractivity contribution in [3.8, 4) is 5.75 Å². The molecule has 4 nitrogen and oxygen atoms in total. The Kier molecular flexibility index (Phi) is 3.93. The summed E-state index contributed by atoms with van der Waals surface area (Å²) in [5.41, 5.74) is 2.87. The molecule has 6 heteroatoms. The molecule has 0 amide bonds. The molecule has 0 radical (unpaired) electrons. The molecule has 20 heavy (non-hydrogen) atoms. The van der Waals surface area contributed by atoms with Crippen molar-refractivity contribution in [1.82, 2.24) is 15.0 Å². The molecule has 2 aromatic heterocycles. The van der Waals surface area contributed by atoms with Gasteiger partial charge in [-0.3, -0.25) is 0 Å². The number of halogens is 1. The van der Waals surface area contributed by atoms with Gasteiger partial charge in [-0.15, -0.1) is 0 Å². The van der Waals surface area contributed by atoms with Gasteiger partial charge >= 0.3 is 0 Å². The first kappa shape index (κ1) is 13.5. The normalized spacial score (nSPS) is 10.9. The fraction of sp³-hybridized carbons (Fsp3) is 0.143. The lowest BCUT2D eigenvalue weighted by Gasteiger charge is -2.02. The minimum atomic E-state index is 0.737. The summed E-state index contributed by atoms with van der Waals surface area (Å²) in [6.07, 6.45) is 1.75. The molecule has 0 atom stereocenters. The van der Waals surface area contributed by atoms with Crippen LogP contribution >= 0.6 is 27.7 Å². The minimum absolute atomic E-state index is 0.737. The fourth-order valence-electron chi connectivity index (χ4n) is 1.83. The van der Waals surface area contributed by atoms with E-state index in [-0.39, 0.29) is 0 Å². The van der Waals surface area contributed by atoms with Crippen LogP contribution in [-0.4, -0.2) is 22.1 Å². The van der Waals surface area contributed by atoms with Gasteiger partial charge in [0.05, 0.1) is 12.6 Å². The molecular formula is C14H12BrN3OS. The third kappa shape index (κ3) is 2.96. The third-order valence-electron chi connectivity index (χ3n) is 2.79. The quantitative estimate of drug-likeness (QED) is 0.722. The molecule has 0 unspecified atom stereocenters. The van der Waals surface area contributed by atoms with Gasteiger partial charge in [-0.1, -0.05) is 23.9 Å². The Hall–Kier alpha value is -1.53. The van der Waals surface area contributed by atoms with Crippen LogP contribution in [0.2, 0.25) is 0 Å². The number of methoxy groups -OCH3 is 1. The number of thioether (sulfide) groups is 1. The molecule has 102 valence electrons. The zero-order valence-corrected chi connectivity index (χ0v) is 13.2. The van der Waals surface area contributed by atoms with Gasteiger partial charge in [0.2, 0.25) is 0 Å². The first-order valence-electron chi connectivity index (χ1n) is 6.01. The lowest BCUT2D eigenvalue weighted by Crippen LogP contribution is -1.86. The summed E-state index contributed by atoms with van der Waals surface area (Å²) in [5.74, 6) is 1.70. The van der Waals surface area contributed by atoms with E-state index in [1.165, 1.54) is 5.56 Å². The predicted octanol–water partition coefficient (Wildman–Crippen LogP) is 4.02. The zero-order chi connectivity index (χ0) is 13.9. The molecule has 0 aliphatic heterocycles. The van der Waals surface area contributed by atoms with Crippen LogP contribution in [0, 0.1) is 0 Å². The van der Waals surface area contributed by atoms with Crippen LogP contribution in [0.4, 0.5) is 0 Å². The SMILES string of the molecule is COc1cccc(CSc2nc3ncc(Br)cc3[nH]2)c1. The van der Waals surface area contributed by atoms with Crippen LogP contribution in [0.3, 0.4) is 0 Å². The van der Waals surface area contributed by atoms with E-state index in [1.807, 2.05) is 24.3 Å². The number of nitrogens with one attached hydrogen (secondary N) is 1. The van der Waals surface area contributed by atoms with Crippen molar-refractivity contribution < 1.29 is 4.74 Å². The number of imidazole rings is 1. The topological polar surface area (TPSA) is 50.8 Å². The molecule has 1 N–H and O–H groups in total. The summed E-state index contributed by atoms with van der Waals surface area (Å²) in [4.78, 5) is 12.0. The largest absolute Gasteiger partial charge is 0.497 e. The average molecular weight is 350 g/mol. The van der Waals surface area contributed by atoms with Gasteiger partial charge in [0.1, 0.15) is 5.75 Å². The van der Waals surface area contributed by atoms with Crippen LogP contribution < -0.4 is 4.74 Å². The number of pyridine rings is 1. The van der Waals surface area contributed by atoms with Gasteiger partial charge in [-0.25, -0.2) is 9.97 Å². The smallest absolute Gasteiger partial charge is 0.178 e. The maximum atomic E-state index is 5.22. The molecule has 0 aliphatic carbocycles. The van der Waals surface area contributed by atoms with E-state index in [0.717, 1.165) is 32.3 Å². The molecule has 0 aliphatic rings. The highest BCUT2D eigenvalue weighted by atomic mass is 79.9. The van der Waals surface area contributed by atoms with Crippen LogP contribution in [0.15, 0.2) is 46.2 Å². The van der Waals surface area contributed by atoms with Crippen molar-refractivity contribution >= 4 is 38.9 Å². The third-order valence-corrected chi connectivity index (χ3v) is 4.17. The number of nitrogens with zero attached hydrogens (tertiary/aromatic N) is 2. The highest BCUT2D eigenvalue weighted by Crippen LogP contribution is 2.25. The Morgan fingerprint density at radius 2 is 2.25 bits per heavy atom. The number of benzene rings is 1. The van der Waals surface area contributed by atoms with Crippen LogP contribution in [0.5, 0.6) is 5.75 Å². The maximum Gasteiger partial charge on any atom is 0.178 e. The second-order valence-electron chi connectivity index (χ2n) is 4.21. The van der Waals surface area contributed by atoms with Crippen molar-refractivity contribution in [3.05, 3.63) is 46.6 Å². The molecule has 0 fully saturated rings. The Labute approximate surface area is 129 Å². The molecule has 3 rings (SSSR count). The number of fused-ring (bicyclic) bond motifs is 1. The Bertz CT molecular complexity index is 744. The number of ether oxygens (including phenoxy) is 1. The summed E-state index contributed by atoms with van der Waals surface area (Å²) in [6.45, 7) is 0. The van der Waals surface area contributed by atoms with Gasteiger partial charge in [0.15, 0.2) is 10.8 Å². The Morgan fingerprint density at radius 1 is 1.35 bits per heavy atom. The average Bonchev–Trinajstić information content (AvgIpc) is 2.87. The molecular weight excluding hydrogens is 338 g/mol. The summed E-state index contributed by atoms with van der Waals surface area (Å²) >= 11 is 5.05. The van der Waals surface area contributed by atoms with E-state index in [1.54, 1.807) is 25.1 Å². The maximum absolute atomic E-state index is 5.22. The lowest BCUT2D eigenvalue weighted by molar-refractivity contribution is 0.414. The predicted molar refractivity (Wildman–Crippen MR) is 84.1 cm³/mol. The van der Waals surface area contributed by atoms with Gasteiger partial charge in [-0.2, -0.15) is 0 Å². The standard InChI is InChI=1S/C14H12BrN3OS/c1-19-11-4-2-3-9(5-11)8-20-14-17-12-6-10(15)7-16-13(12)18-14/h2-7H,8H2,1H3,(H,16,17,18). The number of rotatable bonds is 4. The zero-order valence-electron chi connectivity index (χ0n) is 10.8. The number of hydrogen-bond acceptors (Lipinski definition) is 4. The van der Waals surface area contributed by atoms with E-state index < -0.39 is 0 Å². The second kappa shape index (κ2) is 5.85. The van der Waals surface area contributed by atoms with Crippen molar-refractivity contribution in [2.45, 2.75) is 10.9 Å². The first-order chi connectivity index (χ1) is 9.74.